The molecule has 0 spiro atoms. The Kier molecular flexibility index (Phi) is 4.63. The number of hydrogen-bond acceptors (Lipinski definition) is 4. The predicted molar refractivity (Wildman–Crippen MR) is 79.7 cm³/mol. The van der Waals surface area contributed by atoms with Gasteiger partial charge in [0.15, 0.2) is 0 Å². The minimum Gasteiger partial charge on any atom is -0.497 e. The lowest BCUT2D eigenvalue weighted by atomic mass is 10.1. The summed E-state index contributed by atoms with van der Waals surface area (Å²) >= 11 is 1.62. The highest BCUT2D eigenvalue weighted by molar-refractivity contribution is 7.10. The van der Waals surface area contributed by atoms with Gasteiger partial charge in [-0.15, -0.1) is 11.3 Å². The zero-order valence-corrected chi connectivity index (χ0v) is 12.5. The van der Waals surface area contributed by atoms with Crippen molar-refractivity contribution >= 4 is 17.2 Å². The molecule has 0 aliphatic rings. The van der Waals surface area contributed by atoms with Crippen LogP contribution in [0.4, 0.5) is 0 Å². The Morgan fingerprint density at radius 2 is 2.05 bits per heavy atom. The van der Waals surface area contributed by atoms with Gasteiger partial charge in [-0.3, -0.25) is 4.79 Å². The molecular formula is C15H17NO3S. The summed E-state index contributed by atoms with van der Waals surface area (Å²) in [5.74, 6) is 0.996. The lowest BCUT2D eigenvalue weighted by Gasteiger charge is -2.14. The first-order chi connectivity index (χ1) is 9.65. The van der Waals surface area contributed by atoms with Gasteiger partial charge in [0.05, 0.1) is 25.8 Å². The molecule has 1 atom stereocenters. The quantitative estimate of drug-likeness (QED) is 0.920. The first-order valence-corrected chi connectivity index (χ1v) is 7.10. The Labute approximate surface area is 122 Å². The van der Waals surface area contributed by atoms with Crippen molar-refractivity contribution in [3.05, 3.63) is 46.2 Å². The fourth-order valence-corrected chi connectivity index (χ4v) is 2.60. The number of rotatable bonds is 5. The molecule has 0 bridgehead atoms. The second kappa shape index (κ2) is 6.43. The molecule has 20 heavy (non-hydrogen) atoms. The average molecular weight is 291 g/mol. The van der Waals surface area contributed by atoms with Crippen LogP contribution in [0.2, 0.25) is 0 Å². The standard InChI is InChI=1S/C15H17NO3S/c1-10(14-5-4-8-20-14)16-15(17)12-7-6-11(18-2)9-13(12)19-3/h4-10H,1-3H3,(H,16,17)/t10-/m0/s1. The van der Waals surface area contributed by atoms with E-state index in [1.807, 2.05) is 24.4 Å². The normalized spacial score (nSPS) is 11.8. The lowest BCUT2D eigenvalue weighted by Crippen LogP contribution is -2.26. The van der Waals surface area contributed by atoms with Crippen LogP contribution in [0, 0.1) is 0 Å². The van der Waals surface area contributed by atoms with E-state index in [1.54, 1.807) is 36.6 Å². The van der Waals surface area contributed by atoms with Crippen molar-refractivity contribution in [2.45, 2.75) is 13.0 Å². The van der Waals surface area contributed by atoms with Gasteiger partial charge in [-0.1, -0.05) is 6.07 Å². The monoisotopic (exact) mass is 291 g/mol. The molecule has 5 heteroatoms. The smallest absolute Gasteiger partial charge is 0.255 e. The molecule has 2 aromatic rings. The van der Waals surface area contributed by atoms with Gasteiger partial charge in [0.1, 0.15) is 11.5 Å². The van der Waals surface area contributed by atoms with Crippen LogP contribution in [-0.4, -0.2) is 20.1 Å². The van der Waals surface area contributed by atoms with E-state index in [9.17, 15) is 4.79 Å². The summed E-state index contributed by atoms with van der Waals surface area (Å²) in [7, 11) is 3.11. The van der Waals surface area contributed by atoms with Crippen LogP contribution in [-0.2, 0) is 0 Å². The van der Waals surface area contributed by atoms with Gasteiger partial charge in [-0.05, 0) is 30.5 Å². The number of ether oxygens (including phenoxy) is 2. The van der Waals surface area contributed by atoms with Crippen LogP contribution in [0.3, 0.4) is 0 Å². The number of benzene rings is 1. The van der Waals surface area contributed by atoms with Crippen molar-refractivity contribution in [2.75, 3.05) is 14.2 Å². The molecule has 0 aliphatic heterocycles. The Bertz CT molecular complexity index is 581. The van der Waals surface area contributed by atoms with Crippen LogP contribution < -0.4 is 14.8 Å². The van der Waals surface area contributed by atoms with Gasteiger partial charge in [0.25, 0.3) is 5.91 Å². The molecule has 0 saturated heterocycles. The summed E-state index contributed by atoms with van der Waals surface area (Å²) in [5.41, 5.74) is 0.497. The number of carbonyl (C=O) groups is 1. The maximum atomic E-state index is 12.3. The molecule has 1 N–H and O–H groups in total. The van der Waals surface area contributed by atoms with E-state index in [4.69, 9.17) is 9.47 Å². The number of nitrogens with one attached hydrogen (secondary N) is 1. The maximum absolute atomic E-state index is 12.3. The van der Waals surface area contributed by atoms with E-state index >= 15 is 0 Å². The van der Waals surface area contributed by atoms with Gasteiger partial charge in [-0.2, -0.15) is 0 Å². The number of methoxy groups -OCH3 is 2. The van der Waals surface area contributed by atoms with Gasteiger partial charge in [0.2, 0.25) is 0 Å². The molecule has 0 aliphatic carbocycles. The summed E-state index contributed by atoms with van der Waals surface area (Å²) in [6, 6.07) is 9.08. The third kappa shape index (κ3) is 3.11. The second-order valence-electron chi connectivity index (χ2n) is 4.28. The Hall–Kier alpha value is -2.01. The van der Waals surface area contributed by atoms with Gasteiger partial charge >= 0.3 is 0 Å². The molecule has 0 unspecified atom stereocenters. The van der Waals surface area contributed by atoms with Crippen molar-refractivity contribution in [1.82, 2.24) is 5.32 Å². The van der Waals surface area contributed by atoms with E-state index in [0.717, 1.165) is 4.88 Å². The molecule has 2 rings (SSSR count). The molecule has 106 valence electrons. The Balaban J connectivity index is 2.16. The molecule has 0 radical (unpaired) electrons. The maximum Gasteiger partial charge on any atom is 0.255 e. The van der Waals surface area contributed by atoms with E-state index in [2.05, 4.69) is 5.32 Å². The predicted octanol–water partition coefficient (Wildman–Crippen LogP) is 3.26. The summed E-state index contributed by atoms with van der Waals surface area (Å²) < 4.78 is 10.4. The van der Waals surface area contributed by atoms with Crippen molar-refractivity contribution in [1.29, 1.82) is 0 Å². The second-order valence-corrected chi connectivity index (χ2v) is 5.26. The largest absolute Gasteiger partial charge is 0.497 e. The highest BCUT2D eigenvalue weighted by Crippen LogP contribution is 2.25. The zero-order chi connectivity index (χ0) is 14.5. The van der Waals surface area contributed by atoms with Crippen LogP contribution in [0.5, 0.6) is 11.5 Å². The van der Waals surface area contributed by atoms with Crippen LogP contribution in [0.25, 0.3) is 0 Å². The first kappa shape index (κ1) is 14.4. The highest BCUT2D eigenvalue weighted by Gasteiger charge is 2.16. The van der Waals surface area contributed by atoms with E-state index < -0.39 is 0 Å². The number of carbonyl (C=O) groups excluding carboxylic acids is 1. The molecule has 1 heterocycles. The summed E-state index contributed by atoms with van der Waals surface area (Å²) in [5, 5.41) is 4.95. The SMILES string of the molecule is COc1ccc(C(=O)N[C@@H](C)c2cccs2)c(OC)c1. The van der Waals surface area contributed by atoms with Gasteiger partial charge in [-0.25, -0.2) is 0 Å². The fourth-order valence-electron chi connectivity index (χ4n) is 1.87. The van der Waals surface area contributed by atoms with Crippen molar-refractivity contribution in [3.8, 4) is 11.5 Å². The average Bonchev–Trinajstić information content (AvgIpc) is 3.00. The van der Waals surface area contributed by atoms with E-state index in [0.29, 0.717) is 17.1 Å². The lowest BCUT2D eigenvalue weighted by molar-refractivity contribution is 0.0937. The molecule has 0 fully saturated rings. The zero-order valence-electron chi connectivity index (χ0n) is 11.7. The van der Waals surface area contributed by atoms with Crippen molar-refractivity contribution in [2.24, 2.45) is 0 Å². The van der Waals surface area contributed by atoms with Crippen molar-refractivity contribution < 1.29 is 14.3 Å². The fraction of sp³-hybridized carbons (Fsp3) is 0.267. The minimum absolute atomic E-state index is 0.0330. The third-order valence-corrected chi connectivity index (χ3v) is 4.03. The summed E-state index contributed by atoms with van der Waals surface area (Å²) in [6.07, 6.45) is 0. The number of hydrogen-bond donors (Lipinski definition) is 1. The summed E-state index contributed by atoms with van der Waals surface area (Å²) in [4.78, 5) is 13.4. The Morgan fingerprint density at radius 3 is 2.65 bits per heavy atom. The molecule has 4 nitrogen and oxygen atoms in total. The molecule has 1 aromatic heterocycles. The number of thiophene rings is 1. The Morgan fingerprint density at radius 1 is 1.25 bits per heavy atom. The first-order valence-electron chi connectivity index (χ1n) is 6.22. The van der Waals surface area contributed by atoms with E-state index in [1.165, 1.54) is 7.11 Å². The van der Waals surface area contributed by atoms with Crippen LogP contribution >= 0.6 is 11.3 Å². The van der Waals surface area contributed by atoms with Crippen LogP contribution in [0.15, 0.2) is 35.7 Å². The van der Waals surface area contributed by atoms with Crippen LogP contribution in [0.1, 0.15) is 28.2 Å². The summed E-state index contributed by atoms with van der Waals surface area (Å²) in [6.45, 7) is 1.96. The topological polar surface area (TPSA) is 47.6 Å². The minimum atomic E-state index is -0.162. The molecule has 1 aromatic carbocycles. The van der Waals surface area contributed by atoms with Gasteiger partial charge in [0, 0.05) is 10.9 Å². The third-order valence-electron chi connectivity index (χ3n) is 2.97. The highest BCUT2D eigenvalue weighted by atomic mass is 32.1. The number of amides is 1. The van der Waals surface area contributed by atoms with Gasteiger partial charge < -0.3 is 14.8 Å². The molecular weight excluding hydrogens is 274 g/mol. The molecule has 1 amide bonds. The van der Waals surface area contributed by atoms with Crippen molar-refractivity contribution in [3.63, 3.8) is 0 Å². The van der Waals surface area contributed by atoms with E-state index in [-0.39, 0.29) is 11.9 Å². The molecule has 0 saturated carbocycles.